The Morgan fingerprint density at radius 3 is 2.67 bits per heavy atom. The van der Waals surface area contributed by atoms with Gasteiger partial charge < -0.3 is 15.1 Å². The largest absolute Gasteiger partial charge is 0.394 e. The first-order valence-corrected chi connectivity index (χ1v) is 5.00. The smallest absolute Gasteiger partial charge is 0.0717 e. The Morgan fingerprint density at radius 2 is 2.13 bits per heavy atom. The molecule has 0 amide bonds. The standard InChI is InChI=1S/C11H18N2O2/c1-8-4-11(10(7-15)5-12-8)13(3)9(2)6-14/h4-5,9,14-15H,6-7H2,1-3H3. The van der Waals surface area contributed by atoms with Crippen LogP contribution in [0.5, 0.6) is 0 Å². The number of aliphatic hydroxyl groups is 2. The average Bonchev–Trinajstić information content (AvgIpc) is 2.27. The Hall–Kier alpha value is -1.13. The first-order chi connectivity index (χ1) is 7.10. The van der Waals surface area contributed by atoms with Crippen molar-refractivity contribution in [3.05, 3.63) is 23.5 Å². The van der Waals surface area contributed by atoms with E-state index in [1.54, 1.807) is 6.20 Å². The third-order valence-corrected chi connectivity index (χ3v) is 2.57. The number of nitrogens with zero attached hydrogens (tertiary/aromatic N) is 2. The fourth-order valence-corrected chi connectivity index (χ4v) is 1.38. The van der Waals surface area contributed by atoms with E-state index in [2.05, 4.69) is 4.98 Å². The van der Waals surface area contributed by atoms with Crippen LogP contribution in [0.25, 0.3) is 0 Å². The minimum Gasteiger partial charge on any atom is -0.394 e. The van der Waals surface area contributed by atoms with Crippen molar-refractivity contribution in [2.45, 2.75) is 26.5 Å². The highest BCUT2D eigenvalue weighted by atomic mass is 16.3. The van der Waals surface area contributed by atoms with E-state index in [0.717, 1.165) is 16.9 Å². The van der Waals surface area contributed by atoms with Crippen molar-refractivity contribution in [1.82, 2.24) is 4.98 Å². The lowest BCUT2D eigenvalue weighted by Crippen LogP contribution is -2.32. The Labute approximate surface area is 90.2 Å². The zero-order valence-corrected chi connectivity index (χ0v) is 9.44. The SMILES string of the molecule is Cc1cc(N(C)C(C)CO)c(CO)cn1. The zero-order valence-electron chi connectivity index (χ0n) is 9.44. The minimum atomic E-state index is -0.0366. The van der Waals surface area contributed by atoms with Crippen LogP contribution in [0.1, 0.15) is 18.2 Å². The highest BCUT2D eigenvalue weighted by Gasteiger charge is 2.12. The summed E-state index contributed by atoms with van der Waals surface area (Å²) in [5.74, 6) is 0. The number of likely N-dealkylation sites (N-methyl/N-ethyl adjacent to an activating group) is 1. The second-order valence-corrected chi connectivity index (χ2v) is 3.76. The number of aliphatic hydroxyl groups excluding tert-OH is 2. The summed E-state index contributed by atoms with van der Waals surface area (Å²) in [6.45, 7) is 3.88. The normalized spacial score (nSPS) is 12.6. The van der Waals surface area contributed by atoms with E-state index >= 15 is 0 Å². The fourth-order valence-electron chi connectivity index (χ4n) is 1.38. The van der Waals surface area contributed by atoms with Gasteiger partial charge in [0.25, 0.3) is 0 Å². The van der Waals surface area contributed by atoms with Gasteiger partial charge in [0.15, 0.2) is 0 Å². The summed E-state index contributed by atoms with van der Waals surface area (Å²) in [5.41, 5.74) is 2.61. The molecule has 0 aromatic carbocycles. The maximum Gasteiger partial charge on any atom is 0.0717 e. The van der Waals surface area contributed by atoms with Crippen LogP contribution in [-0.4, -0.2) is 34.9 Å². The summed E-state index contributed by atoms with van der Waals surface area (Å²) in [7, 11) is 1.90. The molecular weight excluding hydrogens is 192 g/mol. The first-order valence-electron chi connectivity index (χ1n) is 5.00. The van der Waals surface area contributed by atoms with Crippen molar-refractivity contribution in [2.24, 2.45) is 0 Å². The van der Waals surface area contributed by atoms with Crippen molar-refractivity contribution in [1.29, 1.82) is 0 Å². The fraction of sp³-hybridized carbons (Fsp3) is 0.545. The van der Waals surface area contributed by atoms with Gasteiger partial charge >= 0.3 is 0 Å². The lowest BCUT2D eigenvalue weighted by atomic mass is 10.1. The second kappa shape index (κ2) is 5.09. The van der Waals surface area contributed by atoms with Crippen LogP contribution in [0.15, 0.2) is 12.3 Å². The van der Waals surface area contributed by atoms with E-state index in [0.29, 0.717) is 0 Å². The summed E-state index contributed by atoms with van der Waals surface area (Å²) in [4.78, 5) is 6.07. The molecule has 0 saturated heterocycles. The predicted octanol–water partition coefficient (Wildman–Crippen LogP) is 0.699. The van der Waals surface area contributed by atoms with Crippen molar-refractivity contribution < 1.29 is 10.2 Å². The van der Waals surface area contributed by atoms with E-state index in [9.17, 15) is 5.11 Å². The summed E-state index contributed by atoms with van der Waals surface area (Å²) in [6.07, 6.45) is 1.67. The molecule has 84 valence electrons. The van der Waals surface area contributed by atoms with Crippen LogP contribution < -0.4 is 4.90 Å². The van der Waals surface area contributed by atoms with Crippen molar-refractivity contribution >= 4 is 5.69 Å². The number of aromatic nitrogens is 1. The van der Waals surface area contributed by atoms with E-state index < -0.39 is 0 Å². The topological polar surface area (TPSA) is 56.6 Å². The van der Waals surface area contributed by atoms with Crippen LogP contribution in [0.4, 0.5) is 5.69 Å². The molecule has 0 saturated carbocycles. The number of aryl methyl sites for hydroxylation is 1. The van der Waals surface area contributed by atoms with Crippen LogP contribution >= 0.6 is 0 Å². The van der Waals surface area contributed by atoms with Crippen LogP contribution in [-0.2, 0) is 6.61 Å². The van der Waals surface area contributed by atoms with Crippen LogP contribution in [0, 0.1) is 6.92 Å². The molecule has 1 aromatic rings. The molecule has 2 N–H and O–H groups in total. The highest BCUT2D eigenvalue weighted by Crippen LogP contribution is 2.21. The Bertz CT molecular complexity index is 328. The van der Waals surface area contributed by atoms with Crippen molar-refractivity contribution in [2.75, 3.05) is 18.6 Å². The van der Waals surface area contributed by atoms with Crippen LogP contribution in [0.2, 0.25) is 0 Å². The molecule has 1 heterocycles. The molecule has 0 bridgehead atoms. The summed E-state index contributed by atoms with van der Waals surface area (Å²) in [6, 6.07) is 1.94. The summed E-state index contributed by atoms with van der Waals surface area (Å²) < 4.78 is 0. The molecule has 1 aromatic heterocycles. The van der Waals surface area contributed by atoms with Gasteiger partial charge in [-0.1, -0.05) is 0 Å². The number of hydrogen-bond donors (Lipinski definition) is 2. The maximum atomic E-state index is 9.18. The number of rotatable bonds is 4. The van der Waals surface area contributed by atoms with Gasteiger partial charge in [0.1, 0.15) is 0 Å². The minimum absolute atomic E-state index is 0.0251. The lowest BCUT2D eigenvalue weighted by Gasteiger charge is -2.27. The highest BCUT2D eigenvalue weighted by molar-refractivity contribution is 5.53. The van der Waals surface area contributed by atoms with Gasteiger partial charge in [0.05, 0.1) is 13.2 Å². The molecule has 0 fully saturated rings. The molecule has 1 rings (SSSR count). The third-order valence-electron chi connectivity index (χ3n) is 2.57. The molecule has 0 aliphatic rings. The second-order valence-electron chi connectivity index (χ2n) is 3.76. The van der Waals surface area contributed by atoms with E-state index in [4.69, 9.17) is 5.11 Å². The van der Waals surface area contributed by atoms with Gasteiger partial charge in [-0.15, -0.1) is 0 Å². The Kier molecular flexibility index (Phi) is 4.05. The maximum absolute atomic E-state index is 9.18. The predicted molar refractivity (Wildman–Crippen MR) is 59.8 cm³/mol. The molecule has 0 radical (unpaired) electrons. The zero-order chi connectivity index (χ0) is 11.4. The molecule has 0 spiro atoms. The number of pyridine rings is 1. The van der Waals surface area contributed by atoms with E-state index in [1.165, 1.54) is 0 Å². The van der Waals surface area contributed by atoms with E-state index in [1.807, 2.05) is 31.9 Å². The molecule has 1 unspecified atom stereocenters. The van der Waals surface area contributed by atoms with Gasteiger partial charge in [-0.25, -0.2) is 0 Å². The quantitative estimate of drug-likeness (QED) is 0.768. The van der Waals surface area contributed by atoms with Crippen molar-refractivity contribution in [3.63, 3.8) is 0 Å². The molecule has 4 heteroatoms. The number of anilines is 1. The molecule has 1 atom stereocenters. The van der Waals surface area contributed by atoms with Crippen molar-refractivity contribution in [3.8, 4) is 0 Å². The first kappa shape index (κ1) is 11.9. The Balaban J connectivity index is 3.05. The van der Waals surface area contributed by atoms with E-state index in [-0.39, 0.29) is 19.3 Å². The number of hydrogen-bond acceptors (Lipinski definition) is 4. The van der Waals surface area contributed by atoms with Gasteiger partial charge in [0, 0.05) is 36.2 Å². The average molecular weight is 210 g/mol. The van der Waals surface area contributed by atoms with Gasteiger partial charge in [-0.2, -0.15) is 0 Å². The Morgan fingerprint density at radius 1 is 1.47 bits per heavy atom. The molecule has 15 heavy (non-hydrogen) atoms. The lowest BCUT2D eigenvalue weighted by molar-refractivity contribution is 0.267. The molecular formula is C11H18N2O2. The third kappa shape index (κ3) is 2.67. The van der Waals surface area contributed by atoms with Gasteiger partial charge in [-0.3, -0.25) is 4.98 Å². The van der Waals surface area contributed by atoms with Gasteiger partial charge in [-0.05, 0) is 19.9 Å². The molecule has 0 aliphatic carbocycles. The summed E-state index contributed by atoms with van der Waals surface area (Å²) >= 11 is 0. The molecule has 0 aliphatic heterocycles. The van der Waals surface area contributed by atoms with Crippen LogP contribution in [0.3, 0.4) is 0 Å². The molecule has 4 nitrogen and oxygen atoms in total. The monoisotopic (exact) mass is 210 g/mol. The van der Waals surface area contributed by atoms with Gasteiger partial charge in [0.2, 0.25) is 0 Å². The summed E-state index contributed by atoms with van der Waals surface area (Å²) in [5, 5.41) is 18.3.